The molecule has 0 spiro atoms. The van der Waals surface area contributed by atoms with Crippen molar-refractivity contribution in [3.63, 3.8) is 0 Å². The Morgan fingerprint density at radius 3 is 2.19 bits per heavy atom. The van der Waals surface area contributed by atoms with E-state index < -0.39 is 11.9 Å². The third-order valence-corrected chi connectivity index (χ3v) is 11.8. The van der Waals surface area contributed by atoms with E-state index in [9.17, 15) is 14.7 Å². The van der Waals surface area contributed by atoms with Crippen LogP contribution in [0.5, 0.6) is 11.5 Å². The molecule has 0 aromatic heterocycles. The maximum Gasteiger partial charge on any atom is 0.338 e. The van der Waals surface area contributed by atoms with E-state index >= 15 is 0 Å². The summed E-state index contributed by atoms with van der Waals surface area (Å²) >= 11 is 0. The number of aromatic hydroxyl groups is 1. The number of hydrogen-bond donors (Lipinski definition) is 1. The van der Waals surface area contributed by atoms with E-state index in [0.29, 0.717) is 35.4 Å². The first-order valence-corrected chi connectivity index (χ1v) is 19.2. The van der Waals surface area contributed by atoms with Crippen LogP contribution < -0.4 is 9.64 Å². The highest BCUT2D eigenvalue weighted by molar-refractivity contribution is 6.03. The van der Waals surface area contributed by atoms with Crippen molar-refractivity contribution in [3.05, 3.63) is 124 Å². The van der Waals surface area contributed by atoms with E-state index in [-0.39, 0.29) is 23.1 Å². The molecular formula is C45H52N2O6. The van der Waals surface area contributed by atoms with Crippen molar-refractivity contribution >= 4 is 17.6 Å². The fraction of sp³-hybridized carbons (Fsp3) is 0.422. The van der Waals surface area contributed by atoms with Crippen LogP contribution >= 0.6 is 0 Å². The van der Waals surface area contributed by atoms with Crippen molar-refractivity contribution in [1.29, 1.82) is 0 Å². The number of esters is 2. The number of rotatable bonds is 11. The molecule has 1 saturated heterocycles. The number of hydrogen-bond acceptors (Lipinski definition) is 8. The van der Waals surface area contributed by atoms with E-state index in [1.807, 2.05) is 12.1 Å². The number of carbonyl (C=O) groups is 2. The van der Waals surface area contributed by atoms with Crippen molar-refractivity contribution < 1.29 is 28.9 Å². The molecule has 53 heavy (non-hydrogen) atoms. The van der Waals surface area contributed by atoms with Gasteiger partial charge in [-0.05, 0) is 116 Å². The molecule has 0 radical (unpaired) electrons. The van der Waals surface area contributed by atoms with Crippen LogP contribution in [0.2, 0.25) is 0 Å². The van der Waals surface area contributed by atoms with Gasteiger partial charge in [-0.15, -0.1) is 0 Å². The second-order valence-electron chi connectivity index (χ2n) is 15.3. The van der Waals surface area contributed by atoms with Gasteiger partial charge in [0.05, 0.1) is 25.3 Å². The van der Waals surface area contributed by atoms with Crippen LogP contribution in [-0.4, -0.2) is 74.0 Å². The number of phenols is 1. The Bertz CT molecular complexity index is 1880. The molecule has 0 amide bonds. The van der Waals surface area contributed by atoms with E-state index in [1.54, 1.807) is 18.2 Å². The van der Waals surface area contributed by atoms with Crippen molar-refractivity contribution in [2.45, 2.75) is 82.4 Å². The molecule has 278 valence electrons. The predicted molar refractivity (Wildman–Crippen MR) is 207 cm³/mol. The average Bonchev–Trinajstić information content (AvgIpc) is 3.17. The molecule has 2 fully saturated rings. The molecule has 1 aliphatic heterocycles. The van der Waals surface area contributed by atoms with Gasteiger partial charge in [-0.25, -0.2) is 9.59 Å². The number of anilines is 1. The lowest BCUT2D eigenvalue weighted by Crippen LogP contribution is -2.53. The fourth-order valence-electron chi connectivity index (χ4n) is 8.88. The lowest BCUT2D eigenvalue weighted by molar-refractivity contribution is -0.00664. The maximum atomic E-state index is 12.4. The highest BCUT2D eigenvalue weighted by atomic mass is 16.5. The van der Waals surface area contributed by atoms with Gasteiger partial charge in [0.2, 0.25) is 0 Å². The van der Waals surface area contributed by atoms with Gasteiger partial charge in [0.15, 0.2) is 0 Å². The molecule has 1 saturated carbocycles. The highest BCUT2D eigenvalue weighted by Crippen LogP contribution is 2.47. The van der Waals surface area contributed by atoms with Crippen molar-refractivity contribution in [1.82, 2.24) is 4.90 Å². The van der Waals surface area contributed by atoms with Crippen LogP contribution in [0.25, 0.3) is 0 Å². The summed E-state index contributed by atoms with van der Waals surface area (Å²) in [4.78, 5) is 29.7. The van der Waals surface area contributed by atoms with E-state index in [1.165, 1.54) is 42.2 Å². The van der Waals surface area contributed by atoms with E-state index in [2.05, 4.69) is 84.3 Å². The van der Waals surface area contributed by atoms with Crippen LogP contribution in [0, 0.1) is 5.92 Å². The minimum Gasteiger partial charge on any atom is -0.508 e. The topological polar surface area (TPSA) is 88.5 Å². The number of carbonyl (C=O) groups excluding carboxylic acids is 2. The van der Waals surface area contributed by atoms with Gasteiger partial charge in [0.25, 0.3) is 0 Å². The first-order chi connectivity index (χ1) is 25.7. The number of fused-ring (bicyclic) bond motifs is 1. The van der Waals surface area contributed by atoms with Crippen molar-refractivity contribution in [3.8, 4) is 11.5 Å². The number of methoxy groups -OCH3 is 2. The lowest BCUT2D eigenvalue weighted by atomic mass is 9.69. The number of aryl methyl sites for hydroxylation is 1. The highest BCUT2D eigenvalue weighted by Gasteiger charge is 2.38. The Labute approximate surface area is 313 Å². The molecule has 0 unspecified atom stereocenters. The molecule has 3 aliphatic rings. The Hall–Kier alpha value is -4.82. The summed E-state index contributed by atoms with van der Waals surface area (Å²) in [5.74, 6) is 1.01. The zero-order valence-corrected chi connectivity index (χ0v) is 31.4. The normalized spacial score (nSPS) is 21.5. The first-order valence-electron chi connectivity index (χ1n) is 19.2. The van der Waals surface area contributed by atoms with Gasteiger partial charge in [-0.2, -0.15) is 0 Å². The summed E-state index contributed by atoms with van der Waals surface area (Å²) < 4.78 is 16.0. The standard InChI is InChI=1S/C45H52N2O6/c1-29(2)47(35-25-38(26-35)53-37-16-19-41(44(49)51-3)42(27-37)45(50)52-4)28-30-20-22-46(23-21-30)34-13-10-32(11-14-34)43-39(31-8-6-5-7-9-31)17-12-33-24-36(48)15-18-40(33)43/h5-11,13-16,18-19,24,27,29-30,35,38-39,43,48H,12,17,20-23,25-26,28H2,1-4H3/t35-,38-,39-,43+/m1/s1. The maximum absolute atomic E-state index is 12.4. The van der Waals surface area contributed by atoms with E-state index in [0.717, 1.165) is 58.2 Å². The fourth-order valence-corrected chi connectivity index (χ4v) is 8.88. The largest absolute Gasteiger partial charge is 0.508 e. The van der Waals surface area contributed by atoms with Crippen LogP contribution in [0.4, 0.5) is 5.69 Å². The molecule has 1 N–H and O–H groups in total. The molecule has 2 aliphatic carbocycles. The number of phenolic OH excluding ortho intramolecular Hbond substituents is 1. The number of benzene rings is 4. The van der Waals surface area contributed by atoms with Crippen LogP contribution in [-0.2, 0) is 15.9 Å². The smallest absolute Gasteiger partial charge is 0.338 e. The quantitative estimate of drug-likeness (QED) is 0.155. The molecule has 7 rings (SSSR count). The van der Waals surface area contributed by atoms with Gasteiger partial charge < -0.3 is 24.2 Å². The minimum absolute atomic E-state index is 0.0535. The molecule has 4 aromatic carbocycles. The van der Waals surface area contributed by atoms with Crippen LogP contribution in [0.3, 0.4) is 0 Å². The molecule has 1 heterocycles. The van der Waals surface area contributed by atoms with Crippen LogP contribution in [0.15, 0.2) is 91.0 Å². The number of piperidine rings is 1. The molecule has 4 aromatic rings. The summed E-state index contributed by atoms with van der Waals surface area (Å²) in [5, 5.41) is 10.2. The third-order valence-electron chi connectivity index (χ3n) is 11.8. The first kappa shape index (κ1) is 36.5. The Morgan fingerprint density at radius 2 is 1.51 bits per heavy atom. The second kappa shape index (κ2) is 16.0. The average molecular weight is 717 g/mol. The molecule has 8 heteroatoms. The zero-order valence-electron chi connectivity index (χ0n) is 31.4. The van der Waals surface area contributed by atoms with Gasteiger partial charge in [-0.1, -0.05) is 48.5 Å². The van der Waals surface area contributed by atoms with Crippen LogP contribution in [0.1, 0.15) is 101 Å². The predicted octanol–water partition coefficient (Wildman–Crippen LogP) is 8.36. The summed E-state index contributed by atoms with van der Waals surface area (Å²) in [5.41, 5.74) is 6.90. The molecule has 0 bridgehead atoms. The Kier molecular flexibility index (Phi) is 11.1. The van der Waals surface area contributed by atoms with Gasteiger partial charge in [0.1, 0.15) is 17.6 Å². The molecule has 2 atom stereocenters. The summed E-state index contributed by atoms with van der Waals surface area (Å²) in [6.45, 7) is 7.76. The molecule has 8 nitrogen and oxygen atoms in total. The van der Waals surface area contributed by atoms with Crippen molar-refractivity contribution in [2.75, 3.05) is 38.8 Å². The summed E-state index contributed by atoms with van der Waals surface area (Å²) in [6.07, 6.45) is 6.26. The lowest BCUT2D eigenvalue weighted by Gasteiger charge is -2.46. The number of nitrogens with zero attached hydrogens (tertiary/aromatic N) is 2. The zero-order chi connectivity index (χ0) is 37.1. The Balaban J connectivity index is 0.948. The monoisotopic (exact) mass is 716 g/mol. The SMILES string of the molecule is COC(=O)c1ccc(O[C@H]2C[C@H](N(CC3CCN(c4ccc([C@@H]5c6ccc(O)cc6CC[C@@H]5c5ccccc5)cc4)CC3)C(C)C)C2)cc1C(=O)OC. The van der Waals surface area contributed by atoms with E-state index in [4.69, 9.17) is 14.2 Å². The number of ether oxygens (including phenoxy) is 3. The molecular weight excluding hydrogens is 665 g/mol. The van der Waals surface area contributed by atoms with Gasteiger partial charge >= 0.3 is 11.9 Å². The van der Waals surface area contributed by atoms with Crippen molar-refractivity contribution in [2.24, 2.45) is 5.92 Å². The second-order valence-corrected chi connectivity index (χ2v) is 15.3. The Morgan fingerprint density at radius 1 is 0.811 bits per heavy atom. The summed E-state index contributed by atoms with van der Waals surface area (Å²) in [6, 6.07) is 31.9. The van der Waals surface area contributed by atoms with Gasteiger partial charge in [-0.3, -0.25) is 4.90 Å². The third kappa shape index (κ3) is 7.93. The minimum atomic E-state index is -0.596. The van der Waals surface area contributed by atoms with Gasteiger partial charge in [0, 0.05) is 56.2 Å². The summed E-state index contributed by atoms with van der Waals surface area (Å²) in [7, 11) is 2.58.